The van der Waals surface area contributed by atoms with E-state index in [1.165, 1.54) is 0 Å². The molecule has 104 valence electrons. The molecule has 0 fully saturated rings. The summed E-state index contributed by atoms with van der Waals surface area (Å²) in [6.07, 6.45) is 2.05. The number of nitrogens with zero attached hydrogens (tertiary/aromatic N) is 1. The van der Waals surface area contributed by atoms with Crippen molar-refractivity contribution >= 4 is 23.0 Å². The zero-order chi connectivity index (χ0) is 14.8. The lowest BCUT2D eigenvalue weighted by Crippen LogP contribution is -2.03. The molecule has 4 nitrogen and oxygen atoms in total. The fourth-order valence-electron chi connectivity index (χ4n) is 2.56. The van der Waals surface area contributed by atoms with Crippen molar-refractivity contribution in [2.75, 3.05) is 0 Å². The normalized spacial score (nSPS) is 10.7. The van der Waals surface area contributed by atoms with Gasteiger partial charge in [-0.1, -0.05) is 36.4 Å². The average molecular weight is 278 g/mol. The second-order valence-electron chi connectivity index (χ2n) is 4.74. The molecule has 2 N–H and O–H groups in total. The lowest BCUT2D eigenvalue weighted by Gasteiger charge is -2.10. The number of ketones is 1. The maximum atomic E-state index is 11.8. The van der Waals surface area contributed by atoms with Gasteiger partial charge >= 0.3 is 0 Å². The van der Waals surface area contributed by atoms with Gasteiger partial charge in [0.1, 0.15) is 0 Å². The first-order chi connectivity index (χ1) is 10.3. The highest BCUT2D eigenvalue weighted by Crippen LogP contribution is 2.26. The molecular weight excluding hydrogens is 264 g/mol. The highest BCUT2D eigenvalue weighted by atomic mass is 16.2. The van der Waals surface area contributed by atoms with Crippen LogP contribution in [0.25, 0.3) is 16.6 Å². The number of carbonyl (C=O) groups is 2. The SMILES string of the molecule is NCc1ccccc1-n1cc(C(=O)C=O)c2ccccc21. The number of benzene rings is 2. The lowest BCUT2D eigenvalue weighted by atomic mass is 10.1. The summed E-state index contributed by atoms with van der Waals surface area (Å²) in [7, 11) is 0. The molecule has 0 unspecified atom stereocenters. The highest BCUT2D eigenvalue weighted by molar-refractivity contribution is 6.36. The number of hydrogen-bond donors (Lipinski definition) is 1. The van der Waals surface area contributed by atoms with Crippen molar-refractivity contribution in [3.05, 3.63) is 65.9 Å². The molecule has 0 aliphatic rings. The molecule has 0 amide bonds. The largest absolute Gasteiger partial charge is 0.326 e. The monoisotopic (exact) mass is 278 g/mol. The summed E-state index contributed by atoms with van der Waals surface area (Å²) in [6.45, 7) is 0.402. The van der Waals surface area contributed by atoms with E-state index in [0.717, 1.165) is 22.2 Å². The summed E-state index contributed by atoms with van der Waals surface area (Å²) in [4.78, 5) is 22.7. The van der Waals surface area contributed by atoms with Gasteiger partial charge in [-0.2, -0.15) is 0 Å². The number of fused-ring (bicyclic) bond motifs is 1. The number of hydrogen-bond acceptors (Lipinski definition) is 3. The fraction of sp³-hybridized carbons (Fsp3) is 0.0588. The summed E-state index contributed by atoms with van der Waals surface area (Å²) in [5, 5.41) is 0.765. The number of carbonyl (C=O) groups excluding carboxylic acids is 2. The van der Waals surface area contributed by atoms with Crippen molar-refractivity contribution in [3.8, 4) is 5.69 Å². The van der Waals surface area contributed by atoms with Crippen LogP contribution in [0.3, 0.4) is 0 Å². The van der Waals surface area contributed by atoms with Crippen LogP contribution in [0.1, 0.15) is 15.9 Å². The topological polar surface area (TPSA) is 65.1 Å². The average Bonchev–Trinajstić information content (AvgIpc) is 2.93. The van der Waals surface area contributed by atoms with Gasteiger partial charge in [-0.15, -0.1) is 0 Å². The molecule has 0 bridgehead atoms. The Morgan fingerprint density at radius 2 is 1.81 bits per heavy atom. The number of Topliss-reactive ketones (excluding diaryl/α,β-unsaturated/α-hetero) is 1. The van der Waals surface area contributed by atoms with Gasteiger partial charge < -0.3 is 10.3 Å². The number of aldehydes is 1. The minimum absolute atomic E-state index is 0.348. The second kappa shape index (κ2) is 5.34. The van der Waals surface area contributed by atoms with Gasteiger partial charge in [0.25, 0.3) is 0 Å². The van der Waals surface area contributed by atoms with Crippen LogP contribution < -0.4 is 5.73 Å². The molecule has 1 aromatic heterocycles. The Labute approximate surface area is 121 Å². The molecule has 21 heavy (non-hydrogen) atoms. The van der Waals surface area contributed by atoms with Crippen LogP contribution in [0.2, 0.25) is 0 Å². The molecular formula is C17H14N2O2. The standard InChI is InChI=1S/C17H14N2O2/c18-9-12-5-1-3-7-15(12)19-10-14(17(21)11-20)13-6-2-4-8-16(13)19/h1-8,10-11H,9,18H2. The molecule has 1 heterocycles. The van der Waals surface area contributed by atoms with E-state index in [9.17, 15) is 9.59 Å². The van der Waals surface area contributed by atoms with E-state index < -0.39 is 5.78 Å². The van der Waals surface area contributed by atoms with Gasteiger partial charge in [0.2, 0.25) is 5.78 Å². The quantitative estimate of drug-likeness (QED) is 0.453. The van der Waals surface area contributed by atoms with Crippen LogP contribution >= 0.6 is 0 Å². The Morgan fingerprint density at radius 3 is 2.57 bits per heavy atom. The molecule has 0 saturated heterocycles. The highest BCUT2D eigenvalue weighted by Gasteiger charge is 2.15. The fourth-order valence-corrected chi connectivity index (χ4v) is 2.56. The summed E-state index contributed by atoms with van der Waals surface area (Å²) in [5.41, 5.74) is 8.97. The van der Waals surface area contributed by atoms with Gasteiger partial charge in [0.15, 0.2) is 6.29 Å². The number of aromatic nitrogens is 1. The molecule has 0 atom stereocenters. The molecule has 0 spiro atoms. The Hall–Kier alpha value is -2.72. The third kappa shape index (κ3) is 2.15. The van der Waals surface area contributed by atoms with E-state index in [1.807, 2.05) is 53.1 Å². The molecule has 2 aromatic carbocycles. The van der Waals surface area contributed by atoms with E-state index in [-0.39, 0.29) is 0 Å². The Bertz CT molecular complexity index is 834. The van der Waals surface area contributed by atoms with E-state index in [4.69, 9.17) is 5.73 Å². The molecule has 0 saturated carbocycles. The van der Waals surface area contributed by atoms with Gasteiger partial charge in [-0.05, 0) is 17.7 Å². The summed E-state index contributed by atoms with van der Waals surface area (Å²) in [5.74, 6) is -0.518. The van der Waals surface area contributed by atoms with Gasteiger partial charge in [-0.25, -0.2) is 0 Å². The Morgan fingerprint density at radius 1 is 1.10 bits per heavy atom. The first kappa shape index (κ1) is 13.3. The lowest BCUT2D eigenvalue weighted by molar-refractivity contribution is -0.104. The van der Waals surface area contributed by atoms with Crippen molar-refractivity contribution < 1.29 is 9.59 Å². The van der Waals surface area contributed by atoms with Crippen LogP contribution in [-0.4, -0.2) is 16.6 Å². The van der Waals surface area contributed by atoms with Crippen molar-refractivity contribution in [1.29, 1.82) is 0 Å². The van der Waals surface area contributed by atoms with Crippen LogP contribution in [0.4, 0.5) is 0 Å². The minimum atomic E-state index is -0.518. The zero-order valence-corrected chi connectivity index (χ0v) is 11.3. The van der Waals surface area contributed by atoms with Crippen molar-refractivity contribution in [3.63, 3.8) is 0 Å². The number of para-hydroxylation sites is 2. The van der Waals surface area contributed by atoms with E-state index in [1.54, 1.807) is 6.20 Å². The van der Waals surface area contributed by atoms with Crippen LogP contribution in [0.15, 0.2) is 54.7 Å². The van der Waals surface area contributed by atoms with Crippen molar-refractivity contribution in [2.45, 2.75) is 6.54 Å². The Kier molecular flexibility index (Phi) is 3.38. The minimum Gasteiger partial charge on any atom is -0.326 e. The predicted octanol–water partition coefficient (Wildman–Crippen LogP) is 2.47. The third-order valence-corrected chi connectivity index (χ3v) is 3.56. The molecule has 4 heteroatoms. The van der Waals surface area contributed by atoms with Gasteiger partial charge in [-0.3, -0.25) is 9.59 Å². The van der Waals surface area contributed by atoms with E-state index in [0.29, 0.717) is 18.4 Å². The maximum Gasteiger partial charge on any atom is 0.227 e. The van der Waals surface area contributed by atoms with E-state index >= 15 is 0 Å². The molecule has 0 aliphatic heterocycles. The summed E-state index contributed by atoms with van der Waals surface area (Å²) >= 11 is 0. The molecule has 3 rings (SSSR count). The number of rotatable bonds is 4. The van der Waals surface area contributed by atoms with E-state index in [2.05, 4.69) is 0 Å². The van der Waals surface area contributed by atoms with Crippen LogP contribution in [-0.2, 0) is 11.3 Å². The first-order valence-electron chi connectivity index (χ1n) is 6.64. The van der Waals surface area contributed by atoms with Crippen LogP contribution in [0, 0.1) is 0 Å². The Balaban J connectivity index is 2.33. The summed E-state index contributed by atoms with van der Waals surface area (Å²) < 4.78 is 1.91. The zero-order valence-electron chi connectivity index (χ0n) is 11.3. The first-order valence-corrected chi connectivity index (χ1v) is 6.64. The molecule has 0 aliphatic carbocycles. The maximum absolute atomic E-state index is 11.8. The number of nitrogens with two attached hydrogens (primary N) is 1. The predicted molar refractivity (Wildman–Crippen MR) is 81.6 cm³/mol. The summed E-state index contributed by atoms with van der Waals surface area (Å²) in [6, 6.07) is 15.3. The second-order valence-corrected chi connectivity index (χ2v) is 4.74. The van der Waals surface area contributed by atoms with Gasteiger partial charge in [0.05, 0.1) is 16.8 Å². The van der Waals surface area contributed by atoms with Crippen LogP contribution in [0.5, 0.6) is 0 Å². The smallest absolute Gasteiger partial charge is 0.227 e. The third-order valence-electron chi connectivity index (χ3n) is 3.56. The molecule has 0 radical (unpaired) electrons. The van der Waals surface area contributed by atoms with Gasteiger partial charge in [0, 0.05) is 18.1 Å². The molecule has 3 aromatic rings. The van der Waals surface area contributed by atoms with Crippen molar-refractivity contribution in [1.82, 2.24) is 4.57 Å². The van der Waals surface area contributed by atoms with Crippen molar-refractivity contribution in [2.24, 2.45) is 5.73 Å².